The van der Waals surface area contributed by atoms with E-state index in [0.29, 0.717) is 6.61 Å². The van der Waals surface area contributed by atoms with Crippen LogP contribution in [0.3, 0.4) is 0 Å². The minimum Gasteiger partial charge on any atom is -0.491 e. The average Bonchev–Trinajstić information content (AvgIpc) is 2.34. The van der Waals surface area contributed by atoms with E-state index in [-0.39, 0.29) is 12.1 Å². The van der Waals surface area contributed by atoms with Crippen molar-refractivity contribution in [2.24, 2.45) is 0 Å². The zero-order valence-electron chi connectivity index (χ0n) is 11.5. The molecule has 4 nitrogen and oxygen atoms in total. The Bertz CT molecular complexity index is 410. The zero-order chi connectivity index (χ0) is 13.5. The van der Waals surface area contributed by atoms with E-state index in [1.54, 1.807) is 0 Å². The molecule has 1 aromatic rings. The Balaban J connectivity index is 2.57. The number of nitrogens with zero attached hydrogens (tertiary/aromatic N) is 2. The summed E-state index contributed by atoms with van der Waals surface area (Å²) in [7, 11) is 3.97. The molecule has 0 aliphatic heterocycles. The van der Waals surface area contributed by atoms with E-state index in [1.807, 2.05) is 57.1 Å². The van der Waals surface area contributed by atoms with Crippen LogP contribution in [0.2, 0.25) is 0 Å². The summed E-state index contributed by atoms with van der Waals surface area (Å²) in [5.41, 5.74) is 1.08. The maximum atomic E-state index is 9.00. The molecule has 0 fully saturated rings. The summed E-state index contributed by atoms with van der Waals surface area (Å²) in [6.07, 6.45) is 0. The predicted octanol–water partition coefficient (Wildman–Crippen LogP) is 2.02. The molecule has 0 amide bonds. The molecular weight excluding hydrogens is 226 g/mol. The smallest absolute Gasteiger partial charge is 0.130 e. The third-order valence-corrected chi connectivity index (χ3v) is 2.44. The number of ether oxygens (including phenoxy) is 1. The van der Waals surface area contributed by atoms with Crippen molar-refractivity contribution in [2.45, 2.75) is 25.9 Å². The van der Waals surface area contributed by atoms with E-state index >= 15 is 0 Å². The van der Waals surface area contributed by atoms with Gasteiger partial charge in [-0.2, -0.15) is 5.26 Å². The molecule has 0 aromatic heterocycles. The fourth-order valence-electron chi connectivity index (χ4n) is 1.56. The topological polar surface area (TPSA) is 48.3 Å². The van der Waals surface area contributed by atoms with Crippen LogP contribution in [0.25, 0.3) is 0 Å². The second kappa shape index (κ2) is 6.87. The van der Waals surface area contributed by atoms with E-state index in [1.165, 1.54) is 0 Å². The Hall–Kier alpha value is -1.73. The lowest BCUT2D eigenvalue weighted by Gasteiger charge is -2.17. The molecule has 0 saturated carbocycles. The highest BCUT2D eigenvalue weighted by Crippen LogP contribution is 2.19. The Labute approximate surface area is 109 Å². The highest BCUT2D eigenvalue weighted by Gasteiger charge is 2.09. The molecular formula is C14H21N3O. The van der Waals surface area contributed by atoms with Crippen LogP contribution in [-0.2, 0) is 0 Å². The summed E-state index contributed by atoms with van der Waals surface area (Å²) in [4.78, 5) is 2.01. The Morgan fingerprint density at radius 2 is 2.11 bits per heavy atom. The van der Waals surface area contributed by atoms with Crippen molar-refractivity contribution in [2.75, 3.05) is 25.6 Å². The van der Waals surface area contributed by atoms with Crippen LogP contribution < -0.4 is 15.0 Å². The Morgan fingerprint density at radius 1 is 1.39 bits per heavy atom. The fraction of sp³-hybridized carbons (Fsp3) is 0.500. The van der Waals surface area contributed by atoms with Crippen LogP contribution in [-0.4, -0.2) is 32.8 Å². The van der Waals surface area contributed by atoms with Crippen molar-refractivity contribution in [3.05, 3.63) is 24.3 Å². The molecule has 0 radical (unpaired) electrons. The molecule has 1 unspecified atom stereocenters. The van der Waals surface area contributed by atoms with Crippen LogP contribution in [0.15, 0.2) is 24.3 Å². The maximum absolute atomic E-state index is 9.00. The van der Waals surface area contributed by atoms with E-state index < -0.39 is 0 Å². The minimum atomic E-state index is -0.284. The fourth-order valence-corrected chi connectivity index (χ4v) is 1.56. The standard InChI is InChI=1S/C14H21N3O/c1-11(2)16-12(9-15)10-18-14-7-5-6-13(8-14)17(3)4/h5-8,11-12,16H,10H2,1-4H3. The largest absolute Gasteiger partial charge is 0.491 e. The second-order valence-electron chi connectivity index (χ2n) is 4.71. The molecule has 98 valence electrons. The number of hydrogen-bond donors (Lipinski definition) is 1. The molecule has 0 heterocycles. The first kappa shape index (κ1) is 14.3. The first-order valence-electron chi connectivity index (χ1n) is 6.08. The molecule has 0 bridgehead atoms. The van der Waals surface area contributed by atoms with Crippen molar-refractivity contribution in [1.82, 2.24) is 5.32 Å². The first-order chi connectivity index (χ1) is 8.52. The normalized spacial score (nSPS) is 12.0. The number of rotatable bonds is 6. The van der Waals surface area contributed by atoms with Gasteiger partial charge in [0.1, 0.15) is 18.4 Å². The van der Waals surface area contributed by atoms with Crippen LogP contribution in [0.1, 0.15) is 13.8 Å². The van der Waals surface area contributed by atoms with Gasteiger partial charge in [-0.05, 0) is 26.0 Å². The highest BCUT2D eigenvalue weighted by molar-refractivity contribution is 5.49. The van der Waals surface area contributed by atoms with Gasteiger partial charge in [-0.3, -0.25) is 5.32 Å². The monoisotopic (exact) mass is 247 g/mol. The zero-order valence-corrected chi connectivity index (χ0v) is 11.5. The number of hydrogen-bond acceptors (Lipinski definition) is 4. The van der Waals surface area contributed by atoms with Gasteiger partial charge in [0.2, 0.25) is 0 Å². The average molecular weight is 247 g/mol. The summed E-state index contributed by atoms with van der Waals surface area (Å²) in [5.74, 6) is 0.784. The molecule has 0 aliphatic carbocycles. The van der Waals surface area contributed by atoms with Gasteiger partial charge in [-0.15, -0.1) is 0 Å². The maximum Gasteiger partial charge on any atom is 0.130 e. The quantitative estimate of drug-likeness (QED) is 0.835. The molecule has 0 saturated heterocycles. The Kier molecular flexibility index (Phi) is 5.47. The van der Waals surface area contributed by atoms with Crippen LogP contribution in [0, 0.1) is 11.3 Å². The van der Waals surface area contributed by atoms with Crippen molar-refractivity contribution in [1.29, 1.82) is 5.26 Å². The first-order valence-corrected chi connectivity index (χ1v) is 6.08. The molecule has 1 rings (SSSR count). The number of nitriles is 1. The van der Waals surface area contributed by atoms with Crippen molar-refractivity contribution in [3.8, 4) is 11.8 Å². The van der Waals surface area contributed by atoms with Crippen LogP contribution in [0.5, 0.6) is 5.75 Å². The molecule has 0 spiro atoms. The van der Waals surface area contributed by atoms with Gasteiger partial charge in [-0.25, -0.2) is 0 Å². The molecule has 1 N–H and O–H groups in total. The van der Waals surface area contributed by atoms with Crippen molar-refractivity contribution in [3.63, 3.8) is 0 Å². The summed E-state index contributed by atoms with van der Waals surface area (Å²) in [6, 6.07) is 10.0. The van der Waals surface area contributed by atoms with E-state index in [4.69, 9.17) is 10.00 Å². The van der Waals surface area contributed by atoms with E-state index in [0.717, 1.165) is 11.4 Å². The van der Waals surface area contributed by atoms with Crippen molar-refractivity contribution < 1.29 is 4.74 Å². The number of benzene rings is 1. The van der Waals surface area contributed by atoms with Gasteiger partial charge in [0.05, 0.1) is 6.07 Å². The minimum absolute atomic E-state index is 0.270. The number of nitrogens with one attached hydrogen (secondary N) is 1. The second-order valence-corrected chi connectivity index (χ2v) is 4.71. The summed E-state index contributed by atoms with van der Waals surface area (Å²) in [5, 5.41) is 12.1. The van der Waals surface area contributed by atoms with Crippen molar-refractivity contribution >= 4 is 5.69 Å². The predicted molar refractivity (Wildman–Crippen MR) is 73.9 cm³/mol. The molecule has 1 atom stereocenters. The summed E-state index contributed by atoms with van der Waals surface area (Å²) < 4.78 is 5.64. The molecule has 1 aromatic carbocycles. The summed E-state index contributed by atoms with van der Waals surface area (Å²) >= 11 is 0. The lowest BCUT2D eigenvalue weighted by Crippen LogP contribution is -2.37. The van der Waals surface area contributed by atoms with Gasteiger partial charge in [0.25, 0.3) is 0 Å². The van der Waals surface area contributed by atoms with E-state index in [2.05, 4.69) is 11.4 Å². The van der Waals surface area contributed by atoms with Gasteiger partial charge in [0.15, 0.2) is 0 Å². The van der Waals surface area contributed by atoms with Gasteiger partial charge >= 0.3 is 0 Å². The Morgan fingerprint density at radius 3 is 2.67 bits per heavy atom. The van der Waals surface area contributed by atoms with Gasteiger partial charge in [0, 0.05) is 31.9 Å². The van der Waals surface area contributed by atoms with Crippen LogP contribution in [0.4, 0.5) is 5.69 Å². The van der Waals surface area contributed by atoms with Crippen LogP contribution >= 0.6 is 0 Å². The summed E-state index contributed by atoms with van der Waals surface area (Å²) in [6.45, 7) is 4.37. The third kappa shape index (κ3) is 4.64. The molecule has 18 heavy (non-hydrogen) atoms. The van der Waals surface area contributed by atoms with Gasteiger partial charge in [-0.1, -0.05) is 6.07 Å². The molecule has 4 heteroatoms. The molecule has 0 aliphatic rings. The third-order valence-electron chi connectivity index (χ3n) is 2.44. The number of anilines is 1. The highest BCUT2D eigenvalue weighted by atomic mass is 16.5. The van der Waals surface area contributed by atoms with E-state index in [9.17, 15) is 0 Å². The lowest BCUT2D eigenvalue weighted by atomic mass is 10.2. The lowest BCUT2D eigenvalue weighted by molar-refractivity contribution is 0.282. The SMILES string of the molecule is CC(C)NC(C#N)COc1cccc(N(C)C)c1. The van der Waals surface area contributed by atoms with Gasteiger partial charge < -0.3 is 9.64 Å².